The van der Waals surface area contributed by atoms with E-state index in [4.69, 9.17) is 11.6 Å². The summed E-state index contributed by atoms with van der Waals surface area (Å²) in [6.45, 7) is 1.85. The van der Waals surface area contributed by atoms with Gasteiger partial charge >= 0.3 is 0 Å². The van der Waals surface area contributed by atoms with Crippen LogP contribution in [0.15, 0.2) is 42.5 Å². The van der Waals surface area contributed by atoms with Gasteiger partial charge in [-0.1, -0.05) is 18.2 Å². The molecule has 0 aliphatic carbocycles. The number of carbonyl (C=O) groups is 1. The van der Waals surface area contributed by atoms with Crippen LogP contribution in [0, 0.1) is 3.57 Å². The molecule has 0 radical (unpaired) electrons. The molecular formula is C15H13ClINO2. The second-order valence-corrected chi connectivity index (χ2v) is 6.14. The summed E-state index contributed by atoms with van der Waals surface area (Å²) in [6, 6.07) is 12.2. The third-order valence-corrected chi connectivity index (χ3v) is 3.99. The van der Waals surface area contributed by atoms with E-state index >= 15 is 0 Å². The zero-order valence-electron chi connectivity index (χ0n) is 10.7. The number of rotatable bonds is 3. The molecule has 0 aliphatic rings. The van der Waals surface area contributed by atoms with Crippen LogP contribution >= 0.6 is 34.2 Å². The van der Waals surface area contributed by atoms with Crippen LogP contribution in [-0.2, 0) is 0 Å². The molecule has 0 bridgehead atoms. The Bertz CT molecular complexity index is 644. The maximum Gasteiger partial charge on any atom is 0.255 e. The summed E-state index contributed by atoms with van der Waals surface area (Å²) in [5.41, 5.74) is 1.94. The molecule has 1 amide bonds. The van der Waals surface area contributed by atoms with Gasteiger partial charge in [-0.2, -0.15) is 0 Å². The molecule has 5 heteroatoms. The highest BCUT2D eigenvalue weighted by atomic mass is 127. The van der Waals surface area contributed by atoms with Crippen molar-refractivity contribution in [2.75, 3.05) is 5.32 Å². The third kappa shape index (κ3) is 3.43. The predicted molar refractivity (Wildman–Crippen MR) is 89.5 cm³/mol. The molecule has 2 aromatic rings. The summed E-state index contributed by atoms with van der Waals surface area (Å²) >= 11 is 8.09. The number of anilines is 1. The maximum absolute atomic E-state index is 12.2. The van der Waals surface area contributed by atoms with Crippen LogP contribution in [0.3, 0.4) is 0 Å². The van der Waals surface area contributed by atoms with Crippen molar-refractivity contribution in [2.45, 2.75) is 12.3 Å². The molecular weight excluding hydrogens is 389 g/mol. The van der Waals surface area contributed by atoms with Crippen LogP contribution in [-0.4, -0.2) is 11.0 Å². The van der Waals surface area contributed by atoms with Crippen molar-refractivity contribution in [1.29, 1.82) is 0 Å². The Labute approximate surface area is 136 Å². The number of amides is 1. The van der Waals surface area contributed by atoms with E-state index < -0.39 is 0 Å². The normalized spacial score (nSPS) is 11.9. The SMILES string of the molecule is CC(Cl)c1ccccc1NC(=O)c1ccc(I)c(O)c1. The van der Waals surface area contributed by atoms with Gasteiger partial charge in [0, 0.05) is 11.3 Å². The summed E-state index contributed by atoms with van der Waals surface area (Å²) in [4.78, 5) is 12.2. The smallest absolute Gasteiger partial charge is 0.255 e. The Morgan fingerprint density at radius 3 is 2.65 bits per heavy atom. The third-order valence-electron chi connectivity index (χ3n) is 2.85. The Hall–Kier alpha value is -1.27. The number of aromatic hydroxyl groups is 1. The summed E-state index contributed by atoms with van der Waals surface area (Å²) in [6.07, 6.45) is 0. The molecule has 0 saturated carbocycles. The second kappa shape index (κ2) is 6.45. The lowest BCUT2D eigenvalue weighted by Gasteiger charge is -2.12. The Balaban J connectivity index is 2.26. The van der Waals surface area contributed by atoms with E-state index in [1.807, 2.05) is 47.7 Å². The number of benzene rings is 2. The van der Waals surface area contributed by atoms with E-state index in [0.717, 1.165) is 5.56 Å². The van der Waals surface area contributed by atoms with Crippen LogP contribution in [0.1, 0.15) is 28.2 Å². The van der Waals surface area contributed by atoms with E-state index in [2.05, 4.69) is 5.32 Å². The van der Waals surface area contributed by atoms with Crippen LogP contribution in [0.2, 0.25) is 0 Å². The van der Waals surface area contributed by atoms with E-state index in [1.54, 1.807) is 18.2 Å². The zero-order chi connectivity index (χ0) is 14.7. The fourth-order valence-corrected chi connectivity index (χ4v) is 2.33. The molecule has 0 spiro atoms. The fourth-order valence-electron chi connectivity index (χ4n) is 1.81. The number of para-hydroxylation sites is 1. The lowest BCUT2D eigenvalue weighted by atomic mass is 10.1. The number of nitrogens with one attached hydrogen (secondary N) is 1. The number of phenolic OH excluding ortho intramolecular Hbond substituents is 1. The Morgan fingerprint density at radius 2 is 2.00 bits per heavy atom. The molecule has 2 aromatic carbocycles. The highest BCUT2D eigenvalue weighted by Gasteiger charge is 2.12. The van der Waals surface area contributed by atoms with Gasteiger partial charge in [-0.15, -0.1) is 11.6 Å². The average molecular weight is 402 g/mol. The molecule has 0 heterocycles. The van der Waals surface area contributed by atoms with Gasteiger partial charge in [0.2, 0.25) is 0 Å². The van der Waals surface area contributed by atoms with E-state index in [0.29, 0.717) is 14.8 Å². The number of alkyl halides is 1. The first-order valence-corrected chi connectivity index (χ1v) is 7.53. The highest BCUT2D eigenvalue weighted by molar-refractivity contribution is 14.1. The number of phenols is 1. The van der Waals surface area contributed by atoms with Crippen molar-refractivity contribution < 1.29 is 9.90 Å². The first-order valence-electron chi connectivity index (χ1n) is 6.02. The molecule has 104 valence electrons. The van der Waals surface area contributed by atoms with Crippen LogP contribution in [0.25, 0.3) is 0 Å². The molecule has 3 nitrogen and oxygen atoms in total. The Morgan fingerprint density at radius 1 is 1.30 bits per heavy atom. The van der Waals surface area contributed by atoms with E-state index in [-0.39, 0.29) is 17.0 Å². The number of hydrogen-bond acceptors (Lipinski definition) is 2. The fraction of sp³-hybridized carbons (Fsp3) is 0.133. The van der Waals surface area contributed by atoms with Crippen molar-refractivity contribution in [2.24, 2.45) is 0 Å². The summed E-state index contributed by atoms with van der Waals surface area (Å²) in [5, 5.41) is 12.3. The van der Waals surface area contributed by atoms with Gasteiger partial charge < -0.3 is 10.4 Å². The van der Waals surface area contributed by atoms with Crippen molar-refractivity contribution in [3.05, 3.63) is 57.2 Å². The van der Waals surface area contributed by atoms with Gasteiger partial charge in [0.15, 0.2) is 0 Å². The van der Waals surface area contributed by atoms with Gasteiger partial charge in [0.1, 0.15) is 5.75 Å². The van der Waals surface area contributed by atoms with Crippen LogP contribution in [0.5, 0.6) is 5.75 Å². The number of hydrogen-bond donors (Lipinski definition) is 2. The molecule has 0 fully saturated rings. The van der Waals surface area contributed by atoms with Crippen molar-refractivity contribution >= 4 is 45.8 Å². The zero-order valence-corrected chi connectivity index (χ0v) is 13.6. The number of carbonyl (C=O) groups excluding carboxylic acids is 1. The molecule has 0 saturated heterocycles. The number of halogens is 2. The van der Waals surface area contributed by atoms with Gasteiger partial charge in [-0.25, -0.2) is 0 Å². The first kappa shape index (κ1) is 15.1. The average Bonchev–Trinajstić information content (AvgIpc) is 2.42. The molecule has 0 aliphatic heterocycles. The first-order chi connectivity index (χ1) is 9.49. The lowest BCUT2D eigenvalue weighted by Crippen LogP contribution is -2.13. The summed E-state index contributed by atoms with van der Waals surface area (Å²) in [5.74, 6) is -0.182. The van der Waals surface area contributed by atoms with Crippen LogP contribution < -0.4 is 5.32 Å². The Kier molecular flexibility index (Phi) is 4.88. The molecule has 2 rings (SSSR count). The van der Waals surface area contributed by atoms with E-state index in [1.165, 1.54) is 6.07 Å². The van der Waals surface area contributed by atoms with Crippen molar-refractivity contribution in [1.82, 2.24) is 0 Å². The summed E-state index contributed by atoms with van der Waals surface area (Å²) in [7, 11) is 0. The largest absolute Gasteiger partial charge is 0.507 e. The van der Waals surface area contributed by atoms with Gasteiger partial charge in [0.05, 0.1) is 8.95 Å². The van der Waals surface area contributed by atoms with Crippen molar-refractivity contribution in [3.63, 3.8) is 0 Å². The molecule has 2 N–H and O–H groups in total. The molecule has 0 aromatic heterocycles. The molecule has 1 unspecified atom stereocenters. The minimum atomic E-state index is -0.276. The van der Waals surface area contributed by atoms with Gasteiger partial charge in [-0.05, 0) is 59.3 Å². The maximum atomic E-state index is 12.2. The summed E-state index contributed by atoms with van der Waals surface area (Å²) < 4.78 is 0.703. The van der Waals surface area contributed by atoms with Gasteiger partial charge in [-0.3, -0.25) is 4.79 Å². The topological polar surface area (TPSA) is 49.3 Å². The van der Waals surface area contributed by atoms with Gasteiger partial charge in [0.25, 0.3) is 5.91 Å². The second-order valence-electron chi connectivity index (χ2n) is 4.32. The molecule has 20 heavy (non-hydrogen) atoms. The standard InChI is InChI=1S/C15H13ClINO2/c1-9(16)11-4-2-3-5-13(11)18-15(20)10-6-7-12(17)14(19)8-10/h2-9,19H,1H3,(H,18,20). The predicted octanol–water partition coefficient (Wildman–Crippen LogP) is 4.55. The minimum Gasteiger partial charge on any atom is -0.507 e. The van der Waals surface area contributed by atoms with Crippen LogP contribution in [0.4, 0.5) is 5.69 Å². The monoisotopic (exact) mass is 401 g/mol. The van der Waals surface area contributed by atoms with E-state index in [9.17, 15) is 9.90 Å². The van der Waals surface area contributed by atoms with Crippen molar-refractivity contribution in [3.8, 4) is 5.75 Å². The highest BCUT2D eigenvalue weighted by Crippen LogP contribution is 2.28. The minimum absolute atomic E-state index is 0.0947. The molecule has 1 atom stereocenters. The quantitative estimate of drug-likeness (QED) is 0.585. The lowest BCUT2D eigenvalue weighted by molar-refractivity contribution is 0.102.